The van der Waals surface area contributed by atoms with E-state index < -0.39 is 6.10 Å². The van der Waals surface area contributed by atoms with Gasteiger partial charge in [-0.25, -0.2) is 4.98 Å². The van der Waals surface area contributed by atoms with E-state index in [9.17, 15) is 5.11 Å². The Labute approximate surface area is 97.4 Å². The van der Waals surface area contributed by atoms with E-state index in [1.165, 1.54) is 0 Å². The Balaban J connectivity index is 3.01. The van der Waals surface area contributed by atoms with Gasteiger partial charge in [0.1, 0.15) is 5.82 Å². The minimum absolute atomic E-state index is 0.493. The molecule has 0 fully saturated rings. The Kier molecular flexibility index (Phi) is 4.99. The molecule has 1 aromatic heterocycles. The van der Waals surface area contributed by atoms with Crippen molar-refractivity contribution in [3.8, 4) is 0 Å². The summed E-state index contributed by atoms with van der Waals surface area (Å²) in [5.74, 6) is 0.860. The van der Waals surface area contributed by atoms with Gasteiger partial charge >= 0.3 is 0 Å². The first-order valence-corrected chi connectivity index (χ1v) is 5.69. The van der Waals surface area contributed by atoms with Crippen molar-refractivity contribution in [2.75, 3.05) is 18.0 Å². The van der Waals surface area contributed by atoms with Gasteiger partial charge in [-0.05, 0) is 19.4 Å². The second kappa shape index (κ2) is 6.28. The molecule has 0 aliphatic carbocycles. The molecule has 0 aliphatic heterocycles. The summed E-state index contributed by atoms with van der Waals surface area (Å²) in [7, 11) is 0. The molecule has 0 bridgehead atoms. The second-order valence-corrected chi connectivity index (χ2v) is 3.83. The normalized spacial score (nSPS) is 12.2. The van der Waals surface area contributed by atoms with E-state index in [-0.39, 0.29) is 0 Å². The van der Waals surface area contributed by atoms with E-state index in [4.69, 9.17) is 0 Å². The minimum atomic E-state index is -0.493. The number of rotatable bonds is 6. The zero-order chi connectivity index (χ0) is 12.0. The van der Waals surface area contributed by atoms with Crippen LogP contribution in [0.25, 0.3) is 0 Å². The van der Waals surface area contributed by atoms with Crippen molar-refractivity contribution >= 4 is 5.82 Å². The smallest absolute Gasteiger partial charge is 0.134 e. The molecule has 0 saturated heterocycles. The maximum Gasteiger partial charge on any atom is 0.134 e. The molecule has 16 heavy (non-hydrogen) atoms. The lowest BCUT2D eigenvalue weighted by Gasteiger charge is -2.24. The molecule has 1 atom stereocenters. The van der Waals surface area contributed by atoms with Crippen LogP contribution in [0, 0.1) is 0 Å². The fourth-order valence-electron chi connectivity index (χ4n) is 1.71. The number of pyridine rings is 1. The average Bonchev–Trinajstić information content (AvgIpc) is 2.29. The Morgan fingerprint density at radius 2 is 2.38 bits per heavy atom. The fraction of sp³-hybridized carbons (Fsp3) is 0.462. The summed E-state index contributed by atoms with van der Waals surface area (Å²) in [5.41, 5.74) is 0.873. The molecular formula is C13H20N2O. The van der Waals surface area contributed by atoms with Crippen molar-refractivity contribution in [1.82, 2.24) is 4.98 Å². The average molecular weight is 220 g/mol. The van der Waals surface area contributed by atoms with Gasteiger partial charge in [-0.3, -0.25) is 0 Å². The first-order chi connectivity index (χ1) is 7.70. The van der Waals surface area contributed by atoms with Crippen LogP contribution in [0.15, 0.2) is 31.0 Å². The van der Waals surface area contributed by atoms with Crippen LogP contribution in [-0.4, -0.2) is 23.2 Å². The molecule has 0 aliphatic rings. The van der Waals surface area contributed by atoms with Gasteiger partial charge in [0.15, 0.2) is 0 Å². The van der Waals surface area contributed by atoms with Crippen molar-refractivity contribution in [2.24, 2.45) is 0 Å². The molecule has 0 amide bonds. The van der Waals surface area contributed by atoms with Crippen LogP contribution in [0.5, 0.6) is 0 Å². The fourth-order valence-corrected chi connectivity index (χ4v) is 1.71. The second-order valence-electron chi connectivity index (χ2n) is 3.83. The van der Waals surface area contributed by atoms with E-state index >= 15 is 0 Å². The summed E-state index contributed by atoms with van der Waals surface area (Å²) in [6, 6.07) is 3.77. The van der Waals surface area contributed by atoms with E-state index in [1.54, 1.807) is 13.1 Å². The summed E-state index contributed by atoms with van der Waals surface area (Å²) in [5, 5.41) is 9.70. The summed E-state index contributed by atoms with van der Waals surface area (Å²) in [6.45, 7) is 9.31. The van der Waals surface area contributed by atoms with Crippen LogP contribution in [0.1, 0.15) is 31.9 Å². The van der Waals surface area contributed by atoms with Crippen LogP contribution in [-0.2, 0) is 0 Å². The number of hydrogen-bond donors (Lipinski definition) is 1. The highest BCUT2D eigenvalue weighted by Crippen LogP contribution is 2.23. The lowest BCUT2D eigenvalue weighted by Crippen LogP contribution is -2.26. The standard InChI is InChI=1S/C13H20N2O/c1-4-9-15(10-5-2)13-12(11(3)16)7-6-8-14-13/h4,6-8,11,16H,1,5,9-10H2,2-3H3. The number of aliphatic hydroxyl groups excluding tert-OH is 1. The molecule has 0 radical (unpaired) electrons. The number of aromatic nitrogens is 1. The van der Waals surface area contributed by atoms with Gasteiger partial charge in [-0.2, -0.15) is 0 Å². The number of nitrogens with zero attached hydrogens (tertiary/aromatic N) is 2. The van der Waals surface area contributed by atoms with Crippen molar-refractivity contribution in [1.29, 1.82) is 0 Å². The molecule has 1 rings (SSSR count). The molecule has 1 N–H and O–H groups in total. The van der Waals surface area contributed by atoms with Gasteiger partial charge in [0.2, 0.25) is 0 Å². The molecule has 3 heteroatoms. The van der Waals surface area contributed by atoms with Crippen molar-refractivity contribution < 1.29 is 5.11 Å². The van der Waals surface area contributed by atoms with Crippen LogP contribution in [0.2, 0.25) is 0 Å². The van der Waals surface area contributed by atoms with Crippen LogP contribution in [0.3, 0.4) is 0 Å². The zero-order valence-electron chi connectivity index (χ0n) is 10.1. The molecular weight excluding hydrogens is 200 g/mol. The van der Waals surface area contributed by atoms with Crippen LogP contribution < -0.4 is 4.90 Å². The largest absolute Gasteiger partial charge is 0.389 e. The van der Waals surface area contributed by atoms with Crippen LogP contribution >= 0.6 is 0 Å². The lowest BCUT2D eigenvalue weighted by molar-refractivity contribution is 0.199. The molecule has 1 aromatic rings. The minimum Gasteiger partial charge on any atom is -0.389 e. The first kappa shape index (κ1) is 12.7. The Morgan fingerprint density at radius 1 is 1.62 bits per heavy atom. The maximum absolute atomic E-state index is 9.70. The van der Waals surface area contributed by atoms with Gasteiger partial charge in [-0.1, -0.05) is 19.1 Å². The summed E-state index contributed by atoms with van der Waals surface area (Å²) in [6.07, 6.45) is 4.17. The highest BCUT2D eigenvalue weighted by molar-refractivity contribution is 5.48. The predicted octanol–water partition coefficient (Wildman–Crippen LogP) is 2.54. The summed E-state index contributed by atoms with van der Waals surface area (Å²) >= 11 is 0. The van der Waals surface area contributed by atoms with Gasteiger partial charge in [0.25, 0.3) is 0 Å². The van der Waals surface area contributed by atoms with Gasteiger partial charge < -0.3 is 10.0 Å². The number of hydrogen-bond acceptors (Lipinski definition) is 3. The summed E-state index contributed by atoms with van der Waals surface area (Å²) < 4.78 is 0. The predicted molar refractivity (Wildman–Crippen MR) is 67.6 cm³/mol. The van der Waals surface area contributed by atoms with Crippen molar-refractivity contribution in [2.45, 2.75) is 26.4 Å². The topological polar surface area (TPSA) is 36.4 Å². The van der Waals surface area contributed by atoms with Gasteiger partial charge in [0, 0.05) is 24.8 Å². The quantitative estimate of drug-likeness (QED) is 0.748. The monoisotopic (exact) mass is 220 g/mol. The first-order valence-electron chi connectivity index (χ1n) is 5.69. The van der Waals surface area contributed by atoms with Gasteiger partial charge in [-0.15, -0.1) is 6.58 Å². The Morgan fingerprint density at radius 3 is 2.94 bits per heavy atom. The molecule has 88 valence electrons. The molecule has 0 aromatic carbocycles. The Hall–Kier alpha value is -1.35. The number of aliphatic hydroxyl groups is 1. The number of anilines is 1. The lowest BCUT2D eigenvalue weighted by atomic mass is 10.1. The third-order valence-electron chi connectivity index (χ3n) is 2.41. The highest BCUT2D eigenvalue weighted by atomic mass is 16.3. The molecule has 0 saturated carbocycles. The van der Waals surface area contributed by atoms with E-state index in [1.807, 2.05) is 18.2 Å². The van der Waals surface area contributed by atoms with E-state index in [0.717, 1.165) is 30.9 Å². The van der Waals surface area contributed by atoms with E-state index in [0.29, 0.717) is 0 Å². The van der Waals surface area contributed by atoms with Crippen molar-refractivity contribution in [3.05, 3.63) is 36.5 Å². The molecule has 3 nitrogen and oxygen atoms in total. The Bertz CT molecular complexity index is 336. The molecule has 0 spiro atoms. The van der Waals surface area contributed by atoms with Crippen molar-refractivity contribution in [3.63, 3.8) is 0 Å². The molecule has 1 unspecified atom stereocenters. The maximum atomic E-state index is 9.70. The SMILES string of the molecule is C=CCN(CCC)c1ncccc1C(C)O. The summed E-state index contributed by atoms with van der Waals surface area (Å²) in [4.78, 5) is 6.49. The molecule has 1 heterocycles. The third kappa shape index (κ3) is 3.07. The zero-order valence-corrected chi connectivity index (χ0v) is 10.1. The van der Waals surface area contributed by atoms with Gasteiger partial charge in [0.05, 0.1) is 6.10 Å². The highest BCUT2D eigenvalue weighted by Gasteiger charge is 2.13. The van der Waals surface area contributed by atoms with E-state index in [2.05, 4.69) is 23.4 Å². The third-order valence-corrected chi connectivity index (χ3v) is 2.41. The van der Waals surface area contributed by atoms with Crippen LogP contribution in [0.4, 0.5) is 5.82 Å².